The minimum absolute atomic E-state index is 0.0121. The van der Waals surface area contributed by atoms with Crippen LogP contribution in [-0.4, -0.2) is 79.4 Å². The molecule has 2 aliphatic rings. The van der Waals surface area contributed by atoms with Gasteiger partial charge in [-0.2, -0.15) is 4.31 Å². The summed E-state index contributed by atoms with van der Waals surface area (Å²) in [4.78, 5) is 17.3. The Balaban J connectivity index is 1.41. The maximum Gasteiger partial charge on any atom is 0.248 e. The lowest BCUT2D eigenvalue weighted by Gasteiger charge is -2.38. The summed E-state index contributed by atoms with van der Waals surface area (Å²) in [5, 5.41) is 3.85. The first-order chi connectivity index (χ1) is 16.8. The van der Waals surface area contributed by atoms with Gasteiger partial charge in [0.15, 0.2) is 10.7 Å². The Bertz CT molecular complexity index is 1160. The average Bonchev–Trinajstić information content (AvgIpc) is 3.25. The molecule has 8 nitrogen and oxygen atoms in total. The number of hydrogen-bond acceptors (Lipinski definition) is 6. The predicted molar refractivity (Wildman–Crippen MR) is 131 cm³/mol. The van der Waals surface area contributed by atoms with Crippen molar-refractivity contribution in [2.24, 2.45) is 5.92 Å². The lowest BCUT2D eigenvalue weighted by molar-refractivity contribution is -0.138. The number of hydrogen-bond donors (Lipinski definition) is 0. The summed E-state index contributed by atoms with van der Waals surface area (Å²) in [6.45, 7) is 8.55. The van der Waals surface area contributed by atoms with Crippen LogP contribution in [0.15, 0.2) is 33.7 Å². The molecule has 190 valence electrons. The van der Waals surface area contributed by atoms with Gasteiger partial charge in [-0.1, -0.05) is 30.3 Å². The van der Waals surface area contributed by atoms with Crippen LogP contribution in [0.5, 0.6) is 0 Å². The quantitative estimate of drug-likeness (QED) is 0.575. The van der Waals surface area contributed by atoms with Crippen LogP contribution < -0.4 is 0 Å². The Morgan fingerprint density at radius 2 is 1.80 bits per heavy atom. The van der Waals surface area contributed by atoms with E-state index in [1.807, 2.05) is 4.90 Å². The van der Waals surface area contributed by atoms with Crippen molar-refractivity contribution in [1.29, 1.82) is 0 Å². The van der Waals surface area contributed by atoms with Gasteiger partial charge in [-0.15, -0.1) is 0 Å². The molecule has 0 aliphatic carbocycles. The van der Waals surface area contributed by atoms with Crippen LogP contribution in [0.4, 0.5) is 4.39 Å². The number of amides is 1. The number of carbonyl (C=O) groups excluding carboxylic acids is 1. The van der Waals surface area contributed by atoms with Crippen LogP contribution in [0.1, 0.15) is 43.2 Å². The third-order valence-corrected chi connectivity index (χ3v) is 8.84. The summed E-state index contributed by atoms with van der Waals surface area (Å²) in [5.74, 6) is -0.382. The van der Waals surface area contributed by atoms with E-state index in [0.717, 1.165) is 39.1 Å². The number of aromatic nitrogens is 1. The van der Waals surface area contributed by atoms with Gasteiger partial charge in [-0.3, -0.25) is 9.69 Å². The molecule has 35 heavy (non-hydrogen) atoms. The van der Waals surface area contributed by atoms with Crippen LogP contribution in [-0.2, 0) is 14.8 Å². The molecule has 1 amide bonds. The second-order valence-electron chi connectivity index (χ2n) is 9.16. The van der Waals surface area contributed by atoms with Crippen LogP contribution >= 0.6 is 0 Å². The fraction of sp³-hybridized carbons (Fsp3) is 0.520. The predicted octanol–water partition coefficient (Wildman–Crippen LogP) is 3.25. The molecule has 4 rings (SSSR count). The highest BCUT2D eigenvalue weighted by Crippen LogP contribution is 2.30. The molecule has 3 heterocycles. The van der Waals surface area contributed by atoms with Crippen molar-refractivity contribution in [3.05, 3.63) is 47.1 Å². The number of benzene rings is 1. The second-order valence-corrected chi connectivity index (χ2v) is 11.0. The van der Waals surface area contributed by atoms with Gasteiger partial charge < -0.3 is 9.42 Å². The summed E-state index contributed by atoms with van der Waals surface area (Å²) < 4.78 is 47.5. The van der Waals surface area contributed by atoms with Crippen molar-refractivity contribution < 1.29 is 22.1 Å². The van der Waals surface area contributed by atoms with E-state index in [9.17, 15) is 17.6 Å². The lowest BCUT2D eigenvalue weighted by Crippen LogP contribution is -2.52. The van der Waals surface area contributed by atoms with Gasteiger partial charge in [-0.05, 0) is 50.9 Å². The highest BCUT2D eigenvalue weighted by Gasteiger charge is 2.37. The Morgan fingerprint density at radius 1 is 1.11 bits per heavy atom. The van der Waals surface area contributed by atoms with Crippen molar-refractivity contribution >= 4 is 28.1 Å². The van der Waals surface area contributed by atoms with Gasteiger partial charge in [0.1, 0.15) is 11.5 Å². The van der Waals surface area contributed by atoms with E-state index in [-0.39, 0.29) is 41.3 Å². The molecule has 0 unspecified atom stereocenters. The third-order valence-electron chi connectivity index (χ3n) is 6.78. The molecular formula is C25H33FN4O4S. The summed E-state index contributed by atoms with van der Waals surface area (Å²) in [6, 6.07) is 6.21. The van der Waals surface area contributed by atoms with Crippen LogP contribution in [0.2, 0.25) is 0 Å². The van der Waals surface area contributed by atoms with Gasteiger partial charge in [0, 0.05) is 50.7 Å². The number of sulfonamides is 1. The number of piperidine rings is 1. The Morgan fingerprint density at radius 3 is 2.46 bits per heavy atom. The Labute approximate surface area is 206 Å². The van der Waals surface area contributed by atoms with Gasteiger partial charge in [0.2, 0.25) is 15.9 Å². The zero-order valence-corrected chi connectivity index (χ0v) is 21.1. The molecule has 2 aliphatic heterocycles. The van der Waals surface area contributed by atoms with Crippen molar-refractivity contribution in [2.75, 3.05) is 45.8 Å². The summed E-state index contributed by atoms with van der Waals surface area (Å²) >= 11 is 0. The third kappa shape index (κ3) is 5.65. The van der Waals surface area contributed by atoms with E-state index in [1.165, 1.54) is 22.5 Å². The van der Waals surface area contributed by atoms with E-state index in [0.29, 0.717) is 18.4 Å². The SMILES string of the molecule is CCCN1CCN(C(=O)C2CCN(S(=O)(=O)c3c(C)noc3/C=C/c3ccccc3F)CC2)CC1. The molecule has 1 aromatic carbocycles. The lowest BCUT2D eigenvalue weighted by atomic mass is 9.96. The largest absolute Gasteiger partial charge is 0.355 e. The number of nitrogens with zero attached hydrogens (tertiary/aromatic N) is 4. The van der Waals surface area contributed by atoms with Crippen molar-refractivity contribution in [1.82, 2.24) is 19.3 Å². The number of carbonyl (C=O) groups is 1. The standard InChI is InChI=1S/C25H33FN4O4S/c1-3-12-28-15-17-29(18-16-28)25(31)21-10-13-30(14-11-21)35(32,33)24-19(2)27-34-23(24)9-8-20-6-4-5-7-22(20)26/h4-9,21H,3,10-18H2,1-2H3/b9-8+. The molecular weight excluding hydrogens is 471 g/mol. The minimum Gasteiger partial charge on any atom is -0.355 e. The highest BCUT2D eigenvalue weighted by atomic mass is 32.2. The molecule has 0 radical (unpaired) electrons. The maximum absolute atomic E-state index is 14.0. The van der Waals surface area contributed by atoms with Crippen LogP contribution in [0, 0.1) is 18.7 Å². The summed E-state index contributed by atoms with van der Waals surface area (Å²) in [6.07, 6.45) is 4.97. The smallest absolute Gasteiger partial charge is 0.248 e. The fourth-order valence-corrected chi connectivity index (χ4v) is 6.53. The molecule has 10 heteroatoms. The molecule has 0 atom stereocenters. The monoisotopic (exact) mass is 504 g/mol. The Kier molecular flexibility index (Phi) is 8.03. The minimum atomic E-state index is -3.88. The second kappa shape index (κ2) is 11.0. The van der Waals surface area contributed by atoms with E-state index < -0.39 is 15.8 Å². The number of halogens is 1. The molecule has 1 aromatic heterocycles. The number of aryl methyl sites for hydroxylation is 1. The van der Waals surface area contributed by atoms with Crippen LogP contribution in [0.3, 0.4) is 0 Å². The summed E-state index contributed by atoms with van der Waals surface area (Å²) in [7, 11) is -3.88. The van der Waals surface area contributed by atoms with E-state index in [2.05, 4.69) is 17.0 Å². The molecule has 0 bridgehead atoms. The first kappa shape index (κ1) is 25.5. The van der Waals surface area contributed by atoms with Crippen molar-refractivity contribution in [3.8, 4) is 0 Å². The van der Waals surface area contributed by atoms with Gasteiger partial charge >= 0.3 is 0 Å². The topological polar surface area (TPSA) is 87.0 Å². The molecule has 0 spiro atoms. The van der Waals surface area contributed by atoms with Gasteiger partial charge in [0.25, 0.3) is 0 Å². The molecule has 0 saturated carbocycles. The first-order valence-electron chi connectivity index (χ1n) is 12.2. The first-order valence-corrected chi connectivity index (χ1v) is 13.7. The average molecular weight is 505 g/mol. The van der Waals surface area contributed by atoms with Gasteiger partial charge in [-0.25, -0.2) is 12.8 Å². The van der Waals surface area contributed by atoms with E-state index in [1.54, 1.807) is 25.1 Å². The normalized spacial score (nSPS) is 19.0. The summed E-state index contributed by atoms with van der Waals surface area (Å²) in [5.41, 5.74) is 0.570. The fourth-order valence-electron chi connectivity index (χ4n) is 4.81. The van der Waals surface area contributed by atoms with E-state index in [4.69, 9.17) is 4.52 Å². The Hall–Kier alpha value is -2.56. The molecule has 2 fully saturated rings. The maximum atomic E-state index is 14.0. The van der Waals surface area contributed by atoms with E-state index >= 15 is 0 Å². The number of piperazine rings is 1. The van der Waals surface area contributed by atoms with Gasteiger partial charge in [0.05, 0.1) is 0 Å². The molecule has 2 aromatic rings. The number of rotatable bonds is 7. The highest BCUT2D eigenvalue weighted by molar-refractivity contribution is 7.89. The van der Waals surface area contributed by atoms with Crippen LogP contribution in [0.25, 0.3) is 12.2 Å². The molecule has 0 N–H and O–H groups in total. The van der Waals surface area contributed by atoms with Crippen molar-refractivity contribution in [3.63, 3.8) is 0 Å². The zero-order valence-electron chi connectivity index (χ0n) is 20.3. The zero-order chi connectivity index (χ0) is 25.0. The molecule has 2 saturated heterocycles. The van der Waals surface area contributed by atoms with Crippen molar-refractivity contribution in [2.45, 2.75) is 38.0 Å².